The fourth-order valence-electron chi connectivity index (χ4n) is 1.42. The first-order valence-corrected chi connectivity index (χ1v) is 8.39. The molecule has 0 spiro atoms. The largest absolute Gasteiger partial charge is 0.478 e. The number of rotatable bonds is 5. The average molecular weight is 384 g/mol. The number of carbonyl (C=O) groups is 2. The Morgan fingerprint density at radius 3 is 2.42 bits per heavy atom. The van der Waals surface area contributed by atoms with Gasteiger partial charge in [-0.2, -0.15) is 12.6 Å². The van der Waals surface area contributed by atoms with E-state index >= 15 is 0 Å². The molecule has 10 nitrogen and oxygen atoms in total. The van der Waals surface area contributed by atoms with Gasteiger partial charge in [-0.3, -0.25) is 10.0 Å². The maximum atomic E-state index is 11.2. The topological polar surface area (TPSA) is 138 Å². The third kappa shape index (κ3) is 6.99. The molecule has 0 aromatic carbocycles. The van der Waals surface area contributed by atoms with Crippen molar-refractivity contribution >= 4 is 30.5 Å². The van der Waals surface area contributed by atoms with E-state index in [2.05, 4.69) is 27.6 Å². The molecule has 0 amide bonds. The number of carbonyl (C=O) groups excluding carboxylic acids is 1. The minimum absolute atomic E-state index is 0.00433. The zero-order valence-corrected chi connectivity index (χ0v) is 15.8. The Balaban J connectivity index is 0.00000146. The van der Waals surface area contributed by atoms with Gasteiger partial charge in [0.15, 0.2) is 0 Å². The molecular formula is C15H22N5O5S+. The van der Waals surface area contributed by atoms with Crippen LogP contribution in [0.3, 0.4) is 0 Å². The van der Waals surface area contributed by atoms with Gasteiger partial charge in [-0.25, -0.2) is 14.8 Å². The van der Waals surface area contributed by atoms with Crippen molar-refractivity contribution in [3.05, 3.63) is 30.1 Å². The molecule has 2 aromatic heterocycles. The van der Waals surface area contributed by atoms with Crippen LogP contribution >= 0.6 is 12.6 Å². The molecule has 26 heavy (non-hydrogen) atoms. The minimum atomic E-state index is -1.13. The Bertz CT molecular complexity index is 729. The van der Waals surface area contributed by atoms with E-state index < -0.39 is 11.9 Å². The van der Waals surface area contributed by atoms with Crippen molar-refractivity contribution in [2.75, 3.05) is 11.2 Å². The number of pyridine rings is 1. The molecule has 0 bridgehead atoms. The summed E-state index contributed by atoms with van der Waals surface area (Å²) in [7, 11) is 0. The highest BCUT2D eigenvalue weighted by Gasteiger charge is 2.21. The standard InChI is InChI=1S/C11H9N5O5S.2C2H6/c17-7(5-22)21-11-13-9(15-20)12-10(14-11)16-3-1-2-6(4-16)8(18)19;2*1-2/h1-4H,5H2,(H3-,12,13,14,15,18,19,20,22);2*1-2H3/p+1. The van der Waals surface area contributed by atoms with E-state index in [9.17, 15) is 9.59 Å². The molecule has 2 rings (SSSR count). The molecule has 0 saturated carbocycles. The Labute approximate surface area is 156 Å². The van der Waals surface area contributed by atoms with Crippen molar-refractivity contribution in [2.24, 2.45) is 0 Å². The molecule has 0 saturated heterocycles. The molecule has 2 aromatic rings. The number of esters is 1. The van der Waals surface area contributed by atoms with Crippen molar-refractivity contribution in [1.82, 2.24) is 15.0 Å². The summed E-state index contributed by atoms with van der Waals surface area (Å²) in [6.07, 6.45) is 2.73. The highest BCUT2D eigenvalue weighted by atomic mass is 32.1. The van der Waals surface area contributed by atoms with Crippen LogP contribution in [-0.2, 0) is 4.79 Å². The van der Waals surface area contributed by atoms with Crippen LogP contribution in [0.15, 0.2) is 24.5 Å². The summed E-state index contributed by atoms with van der Waals surface area (Å²) in [6, 6.07) is 2.49. The first-order chi connectivity index (χ1) is 12.5. The second-order valence-corrected chi connectivity index (χ2v) is 4.11. The quantitative estimate of drug-likeness (QED) is 0.262. The molecule has 0 atom stereocenters. The van der Waals surface area contributed by atoms with Crippen molar-refractivity contribution in [3.8, 4) is 12.0 Å². The SMILES string of the molecule is CC.CC.O=C(CS)Oc1nc(NO)nc(-[n+]2cccc(C(=O)O)c2)n1. The molecule has 0 radical (unpaired) electrons. The summed E-state index contributed by atoms with van der Waals surface area (Å²) in [5.41, 5.74) is 1.70. The van der Waals surface area contributed by atoms with Crippen LogP contribution in [0, 0.1) is 0 Å². The van der Waals surface area contributed by atoms with Gasteiger partial charge in [-0.1, -0.05) is 27.7 Å². The molecule has 2 heterocycles. The lowest BCUT2D eigenvalue weighted by atomic mass is 10.3. The fraction of sp³-hybridized carbons (Fsp3) is 0.333. The third-order valence-electron chi connectivity index (χ3n) is 2.32. The first-order valence-electron chi connectivity index (χ1n) is 7.76. The van der Waals surface area contributed by atoms with Crippen LogP contribution in [-0.4, -0.2) is 43.0 Å². The van der Waals surface area contributed by atoms with Crippen molar-refractivity contribution < 1.29 is 29.2 Å². The van der Waals surface area contributed by atoms with Crippen LogP contribution in [0.2, 0.25) is 0 Å². The second-order valence-electron chi connectivity index (χ2n) is 3.79. The lowest BCUT2D eigenvalue weighted by Crippen LogP contribution is -2.34. The Morgan fingerprint density at radius 1 is 1.23 bits per heavy atom. The van der Waals surface area contributed by atoms with Gasteiger partial charge in [0.05, 0.1) is 23.7 Å². The zero-order chi connectivity index (χ0) is 20.1. The molecule has 0 aliphatic heterocycles. The monoisotopic (exact) mass is 384 g/mol. The fourth-order valence-corrected chi connectivity index (χ4v) is 1.48. The first kappa shape index (κ1) is 23.2. The number of aromatic carboxylic acids is 1. The molecular weight excluding hydrogens is 362 g/mol. The Morgan fingerprint density at radius 2 is 1.88 bits per heavy atom. The van der Waals surface area contributed by atoms with Crippen LogP contribution in [0.5, 0.6) is 6.01 Å². The molecule has 0 aliphatic rings. The summed E-state index contributed by atoms with van der Waals surface area (Å²) >= 11 is 3.75. The van der Waals surface area contributed by atoms with E-state index in [1.807, 2.05) is 27.7 Å². The van der Waals surface area contributed by atoms with E-state index in [-0.39, 0.29) is 29.2 Å². The molecule has 0 fully saturated rings. The normalized spacial score (nSPS) is 9.00. The second kappa shape index (κ2) is 12.6. The maximum Gasteiger partial charge on any atom is 0.446 e. The number of carboxylic acids is 1. The van der Waals surface area contributed by atoms with E-state index in [1.54, 1.807) is 5.48 Å². The van der Waals surface area contributed by atoms with Gasteiger partial charge < -0.3 is 9.84 Å². The van der Waals surface area contributed by atoms with Gasteiger partial charge in [0, 0.05) is 0 Å². The number of anilines is 1. The maximum absolute atomic E-state index is 11.2. The predicted molar refractivity (Wildman–Crippen MR) is 95.9 cm³/mol. The summed E-state index contributed by atoms with van der Waals surface area (Å²) in [5, 5.41) is 17.9. The van der Waals surface area contributed by atoms with E-state index in [4.69, 9.17) is 15.1 Å². The van der Waals surface area contributed by atoms with Gasteiger partial charge in [0.2, 0.25) is 0 Å². The van der Waals surface area contributed by atoms with E-state index in [0.717, 1.165) is 0 Å². The van der Waals surface area contributed by atoms with Gasteiger partial charge in [0.25, 0.3) is 0 Å². The van der Waals surface area contributed by atoms with Crippen LogP contribution in [0.4, 0.5) is 5.95 Å². The van der Waals surface area contributed by atoms with E-state index in [1.165, 1.54) is 29.1 Å². The van der Waals surface area contributed by atoms with Crippen LogP contribution in [0.1, 0.15) is 38.1 Å². The molecule has 3 N–H and O–H groups in total. The number of nitrogens with zero attached hydrogens (tertiary/aromatic N) is 4. The van der Waals surface area contributed by atoms with Gasteiger partial charge in [-0.05, 0) is 22.1 Å². The van der Waals surface area contributed by atoms with Gasteiger partial charge in [-0.15, -0.1) is 4.98 Å². The Hall–Kier alpha value is -2.79. The lowest BCUT2D eigenvalue weighted by molar-refractivity contribution is -0.603. The molecule has 0 unspecified atom stereocenters. The van der Waals surface area contributed by atoms with Crippen molar-refractivity contribution in [2.45, 2.75) is 27.7 Å². The summed E-state index contributed by atoms with van der Waals surface area (Å²) in [6.45, 7) is 8.00. The molecule has 11 heteroatoms. The average Bonchev–Trinajstić information content (AvgIpc) is 2.70. The number of thiol groups is 1. The number of ether oxygens (including phenoxy) is 1. The molecule has 142 valence electrons. The van der Waals surface area contributed by atoms with Crippen LogP contribution < -0.4 is 14.8 Å². The number of hydrogen-bond donors (Lipinski definition) is 4. The highest BCUT2D eigenvalue weighted by Crippen LogP contribution is 2.08. The van der Waals surface area contributed by atoms with Gasteiger partial charge >= 0.3 is 29.8 Å². The van der Waals surface area contributed by atoms with Gasteiger partial charge in [0.1, 0.15) is 0 Å². The van der Waals surface area contributed by atoms with Crippen molar-refractivity contribution in [1.29, 1.82) is 0 Å². The molecule has 0 aliphatic carbocycles. The predicted octanol–water partition coefficient (Wildman–Crippen LogP) is 1.54. The third-order valence-corrected chi connectivity index (χ3v) is 2.57. The smallest absolute Gasteiger partial charge is 0.446 e. The zero-order valence-electron chi connectivity index (χ0n) is 14.9. The number of nitrogens with one attached hydrogen (secondary N) is 1. The van der Waals surface area contributed by atoms with Crippen LogP contribution in [0.25, 0.3) is 5.95 Å². The number of carboxylic acid groups (broad SMARTS) is 1. The van der Waals surface area contributed by atoms with E-state index in [0.29, 0.717) is 0 Å². The van der Waals surface area contributed by atoms with Crippen molar-refractivity contribution in [3.63, 3.8) is 0 Å². The number of hydrogen-bond acceptors (Lipinski definition) is 9. The Kier molecular flexibility index (Phi) is 11.2. The minimum Gasteiger partial charge on any atom is -0.478 e. The summed E-state index contributed by atoms with van der Waals surface area (Å²) in [5.74, 6) is -2.36. The summed E-state index contributed by atoms with van der Waals surface area (Å²) < 4.78 is 6.06. The number of aromatic nitrogens is 4. The lowest BCUT2D eigenvalue weighted by Gasteiger charge is -2.01. The highest BCUT2D eigenvalue weighted by molar-refractivity contribution is 7.81. The summed E-state index contributed by atoms with van der Waals surface area (Å²) in [4.78, 5) is 33.5.